The third kappa shape index (κ3) is 1.91. The van der Waals surface area contributed by atoms with Crippen LogP contribution < -0.4 is 10.2 Å². The van der Waals surface area contributed by atoms with Crippen LogP contribution in [0.5, 0.6) is 0 Å². The lowest BCUT2D eigenvalue weighted by Gasteiger charge is -2.30. The number of carbonyl (C=O) groups is 1. The second-order valence-corrected chi connectivity index (χ2v) is 3.39. The second-order valence-electron chi connectivity index (χ2n) is 3.39. The highest BCUT2D eigenvalue weighted by Crippen LogP contribution is 2.28. The van der Waals surface area contributed by atoms with Crippen molar-refractivity contribution in [2.45, 2.75) is 6.42 Å². The van der Waals surface area contributed by atoms with Crippen molar-refractivity contribution in [3.05, 3.63) is 24.3 Å². The van der Waals surface area contributed by atoms with Gasteiger partial charge in [0.05, 0.1) is 30.4 Å². The van der Waals surface area contributed by atoms with Gasteiger partial charge in [0.25, 0.3) is 0 Å². The average Bonchev–Trinajstić information content (AvgIpc) is 2.25. The topological polar surface area (TPSA) is 56.1 Å². The summed E-state index contributed by atoms with van der Waals surface area (Å²) in [5.74, 6) is -0.0216. The highest BCUT2D eigenvalue weighted by molar-refractivity contribution is 6.01. The first kappa shape index (κ1) is 9.53. The molecule has 76 valence electrons. The standard InChI is InChI=1S/C11H11N3O/c12-6-3-7-14-8-11(15)13-9-4-1-2-5-10(9)14/h1-2,4-5H,3,7-8H2,(H,13,15). The molecule has 0 saturated heterocycles. The van der Waals surface area contributed by atoms with Gasteiger partial charge in [0, 0.05) is 6.54 Å². The fourth-order valence-electron chi connectivity index (χ4n) is 1.69. The summed E-state index contributed by atoms with van der Waals surface area (Å²) in [6.45, 7) is 0.930. The van der Waals surface area contributed by atoms with E-state index in [-0.39, 0.29) is 5.91 Å². The van der Waals surface area contributed by atoms with Gasteiger partial charge in [0.15, 0.2) is 0 Å². The number of fused-ring (bicyclic) bond motifs is 1. The first-order valence-corrected chi connectivity index (χ1v) is 4.82. The van der Waals surface area contributed by atoms with Gasteiger partial charge < -0.3 is 10.2 Å². The van der Waals surface area contributed by atoms with Crippen molar-refractivity contribution in [3.63, 3.8) is 0 Å². The van der Waals surface area contributed by atoms with Crippen molar-refractivity contribution in [2.75, 3.05) is 23.3 Å². The molecule has 0 atom stereocenters. The van der Waals surface area contributed by atoms with Crippen LogP contribution in [0, 0.1) is 11.3 Å². The molecule has 1 aromatic carbocycles. The molecule has 1 N–H and O–H groups in total. The zero-order valence-corrected chi connectivity index (χ0v) is 8.23. The Balaban J connectivity index is 2.26. The molecule has 1 aliphatic rings. The van der Waals surface area contributed by atoms with Gasteiger partial charge in [-0.2, -0.15) is 5.26 Å². The molecule has 1 heterocycles. The Hall–Kier alpha value is -2.02. The smallest absolute Gasteiger partial charge is 0.243 e. The molecular weight excluding hydrogens is 190 g/mol. The van der Waals surface area contributed by atoms with E-state index in [0.717, 1.165) is 11.4 Å². The highest BCUT2D eigenvalue weighted by Gasteiger charge is 2.20. The van der Waals surface area contributed by atoms with Gasteiger partial charge in [0.1, 0.15) is 0 Å². The molecule has 0 saturated carbocycles. The number of hydrogen-bond acceptors (Lipinski definition) is 3. The maximum atomic E-state index is 11.4. The minimum Gasteiger partial charge on any atom is -0.359 e. The van der Waals surface area contributed by atoms with E-state index < -0.39 is 0 Å². The number of carbonyl (C=O) groups excluding carboxylic acids is 1. The number of para-hydroxylation sites is 2. The maximum Gasteiger partial charge on any atom is 0.243 e. The summed E-state index contributed by atoms with van der Waals surface area (Å²) in [6.07, 6.45) is 0.432. The molecule has 0 unspecified atom stereocenters. The molecule has 0 aliphatic carbocycles. The molecule has 0 fully saturated rings. The largest absolute Gasteiger partial charge is 0.359 e. The van der Waals surface area contributed by atoms with Crippen LogP contribution >= 0.6 is 0 Å². The summed E-state index contributed by atoms with van der Waals surface area (Å²) in [6, 6.07) is 9.71. The zero-order valence-electron chi connectivity index (χ0n) is 8.23. The Kier molecular flexibility index (Phi) is 2.55. The molecule has 1 aliphatic heterocycles. The minimum absolute atomic E-state index is 0.0216. The van der Waals surface area contributed by atoms with Gasteiger partial charge in [-0.05, 0) is 12.1 Å². The van der Waals surface area contributed by atoms with E-state index in [2.05, 4.69) is 11.4 Å². The van der Waals surface area contributed by atoms with Gasteiger partial charge >= 0.3 is 0 Å². The Labute approximate surface area is 88.1 Å². The molecule has 4 nitrogen and oxygen atoms in total. The fourth-order valence-corrected chi connectivity index (χ4v) is 1.69. The van der Waals surface area contributed by atoms with Crippen molar-refractivity contribution in [1.82, 2.24) is 0 Å². The Bertz CT molecular complexity index is 422. The number of rotatable bonds is 2. The van der Waals surface area contributed by atoms with E-state index in [4.69, 9.17) is 5.26 Å². The van der Waals surface area contributed by atoms with Gasteiger partial charge in [0.2, 0.25) is 5.91 Å². The number of nitriles is 1. The summed E-state index contributed by atoms with van der Waals surface area (Å²) < 4.78 is 0. The summed E-state index contributed by atoms with van der Waals surface area (Å²) >= 11 is 0. The summed E-state index contributed by atoms with van der Waals surface area (Å²) in [4.78, 5) is 13.3. The van der Waals surface area contributed by atoms with Crippen LogP contribution in [0.4, 0.5) is 11.4 Å². The van der Waals surface area contributed by atoms with Crippen LogP contribution in [0.3, 0.4) is 0 Å². The molecule has 1 aromatic rings. The molecule has 2 rings (SSSR count). The van der Waals surface area contributed by atoms with Crippen LogP contribution in [0.15, 0.2) is 24.3 Å². The molecule has 15 heavy (non-hydrogen) atoms. The number of hydrogen-bond donors (Lipinski definition) is 1. The van der Waals surface area contributed by atoms with Crippen molar-refractivity contribution >= 4 is 17.3 Å². The molecule has 0 bridgehead atoms. The Morgan fingerprint density at radius 1 is 1.47 bits per heavy atom. The molecule has 4 heteroatoms. The van der Waals surface area contributed by atoms with Crippen LogP contribution in [0.2, 0.25) is 0 Å². The lowest BCUT2D eigenvalue weighted by atomic mass is 10.2. The number of nitrogens with one attached hydrogen (secondary N) is 1. The van der Waals surface area contributed by atoms with Gasteiger partial charge in [-0.3, -0.25) is 4.79 Å². The molecule has 0 spiro atoms. The van der Waals surface area contributed by atoms with Gasteiger partial charge in [-0.1, -0.05) is 12.1 Å². The van der Waals surface area contributed by atoms with Gasteiger partial charge in [-0.25, -0.2) is 0 Å². The Morgan fingerprint density at radius 3 is 3.07 bits per heavy atom. The van der Waals surface area contributed by atoms with Crippen LogP contribution in [0.1, 0.15) is 6.42 Å². The molecule has 0 aromatic heterocycles. The van der Waals surface area contributed by atoms with Crippen molar-refractivity contribution in [1.29, 1.82) is 5.26 Å². The zero-order chi connectivity index (χ0) is 10.7. The summed E-state index contributed by atoms with van der Waals surface area (Å²) in [5.41, 5.74) is 1.82. The summed E-state index contributed by atoms with van der Waals surface area (Å²) in [5, 5.41) is 11.3. The third-order valence-corrected chi connectivity index (χ3v) is 2.35. The Morgan fingerprint density at radius 2 is 2.27 bits per heavy atom. The minimum atomic E-state index is -0.0216. The second kappa shape index (κ2) is 4.01. The number of benzene rings is 1. The normalized spacial score (nSPS) is 14.1. The van der Waals surface area contributed by atoms with Crippen molar-refractivity contribution < 1.29 is 4.79 Å². The van der Waals surface area contributed by atoms with E-state index in [1.54, 1.807) is 0 Å². The third-order valence-electron chi connectivity index (χ3n) is 2.35. The van der Waals surface area contributed by atoms with Crippen LogP contribution in [-0.4, -0.2) is 19.0 Å². The number of nitrogens with zero attached hydrogens (tertiary/aromatic N) is 2. The van der Waals surface area contributed by atoms with E-state index in [1.165, 1.54) is 0 Å². The SMILES string of the molecule is N#CCCN1CC(=O)Nc2ccccc21. The number of amides is 1. The highest BCUT2D eigenvalue weighted by atomic mass is 16.2. The van der Waals surface area contributed by atoms with E-state index in [1.807, 2.05) is 29.2 Å². The predicted octanol–water partition coefficient (Wildman–Crippen LogP) is 1.36. The molecular formula is C11H11N3O. The van der Waals surface area contributed by atoms with Crippen molar-refractivity contribution in [2.24, 2.45) is 0 Å². The molecule has 0 radical (unpaired) electrons. The average molecular weight is 201 g/mol. The predicted molar refractivity (Wildman–Crippen MR) is 57.5 cm³/mol. The van der Waals surface area contributed by atoms with Crippen LogP contribution in [-0.2, 0) is 4.79 Å². The van der Waals surface area contributed by atoms with Crippen LogP contribution in [0.25, 0.3) is 0 Å². The number of anilines is 2. The van der Waals surface area contributed by atoms with E-state index >= 15 is 0 Å². The summed E-state index contributed by atoms with van der Waals surface area (Å²) in [7, 11) is 0. The quantitative estimate of drug-likeness (QED) is 0.786. The maximum absolute atomic E-state index is 11.4. The first-order chi connectivity index (χ1) is 7.31. The van der Waals surface area contributed by atoms with E-state index in [9.17, 15) is 4.79 Å². The lowest BCUT2D eigenvalue weighted by Crippen LogP contribution is -2.38. The van der Waals surface area contributed by atoms with Gasteiger partial charge in [-0.15, -0.1) is 0 Å². The first-order valence-electron chi connectivity index (χ1n) is 4.82. The van der Waals surface area contributed by atoms with E-state index in [0.29, 0.717) is 19.5 Å². The monoisotopic (exact) mass is 201 g/mol. The lowest BCUT2D eigenvalue weighted by molar-refractivity contribution is -0.115. The fraction of sp³-hybridized carbons (Fsp3) is 0.273. The molecule has 1 amide bonds. The van der Waals surface area contributed by atoms with Crippen molar-refractivity contribution in [3.8, 4) is 6.07 Å².